The summed E-state index contributed by atoms with van der Waals surface area (Å²) >= 11 is 5.86. The third kappa shape index (κ3) is 3.19. The highest BCUT2D eigenvalue weighted by atomic mass is 35.5. The zero-order chi connectivity index (χ0) is 16.4. The molecule has 0 bridgehead atoms. The van der Waals surface area contributed by atoms with Gasteiger partial charge in [-0.25, -0.2) is 19.3 Å². The summed E-state index contributed by atoms with van der Waals surface area (Å²) in [6.45, 7) is 1.83. The second-order valence-corrected chi connectivity index (χ2v) is 5.10. The fraction of sp³-hybridized carbons (Fsp3) is 0.0667. The molecule has 8 heteroatoms. The second-order valence-electron chi connectivity index (χ2n) is 4.69. The summed E-state index contributed by atoms with van der Waals surface area (Å²) in [5.74, 6) is 0.220. The summed E-state index contributed by atoms with van der Waals surface area (Å²) in [4.78, 5) is 24.6. The van der Waals surface area contributed by atoms with E-state index >= 15 is 0 Å². The molecule has 6 nitrogen and oxygen atoms in total. The van der Waals surface area contributed by atoms with Crippen molar-refractivity contribution in [1.29, 1.82) is 0 Å². The van der Waals surface area contributed by atoms with Crippen LogP contribution in [-0.2, 0) is 0 Å². The van der Waals surface area contributed by atoms with Crippen molar-refractivity contribution in [3.8, 4) is 5.95 Å². The molecule has 0 atom stereocenters. The Morgan fingerprint density at radius 2 is 2.00 bits per heavy atom. The zero-order valence-electron chi connectivity index (χ0n) is 12.0. The molecule has 1 N–H and O–H groups in total. The van der Waals surface area contributed by atoms with Crippen LogP contribution in [0.2, 0.25) is 5.02 Å². The fourth-order valence-corrected chi connectivity index (χ4v) is 2.22. The highest BCUT2D eigenvalue weighted by molar-refractivity contribution is 6.34. The lowest BCUT2D eigenvalue weighted by molar-refractivity contribution is 0.102. The molecule has 2 heterocycles. The predicted octanol–water partition coefficient (Wildman–Crippen LogP) is 3.02. The molecule has 1 amide bonds. The van der Waals surface area contributed by atoms with Crippen molar-refractivity contribution in [3.63, 3.8) is 0 Å². The minimum Gasteiger partial charge on any atom is -0.319 e. The van der Waals surface area contributed by atoms with E-state index in [-0.39, 0.29) is 10.6 Å². The lowest BCUT2D eigenvalue weighted by Crippen LogP contribution is -2.13. The summed E-state index contributed by atoms with van der Waals surface area (Å²) in [7, 11) is 0. The van der Waals surface area contributed by atoms with Gasteiger partial charge >= 0.3 is 0 Å². The number of carbonyl (C=O) groups excluding carboxylic acids is 1. The smallest absolute Gasteiger partial charge is 0.257 e. The Morgan fingerprint density at radius 1 is 1.26 bits per heavy atom. The van der Waals surface area contributed by atoms with Crippen LogP contribution >= 0.6 is 11.6 Å². The molecule has 3 aromatic rings. The Bertz CT molecular complexity index is 863. The van der Waals surface area contributed by atoms with Gasteiger partial charge in [0.05, 0.1) is 28.7 Å². The predicted molar refractivity (Wildman–Crippen MR) is 83.3 cm³/mol. The Kier molecular flexibility index (Phi) is 4.03. The van der Waals surface area contributed by atoms with E-state index in [9.17, 15) is 9.18 Å². The lowest BCUT2D eigenvalue weighted by atomic mass is 10.2. The van der Waals surface area contributed by atoms with Crippen molar-refractivity contribution in [3.05, 3.63) is 65.2 Å². The number of rotatable bonds is 3. The molecule has 0 aliphatic rings. The molecule has 3 rings (SSSR count). The van der Waals surface area contributed by atoms with E-state index in [1.54, 1.807) is 17.0 Å². The van der Waals surface area contributed by atoms with E-state index in [2.05, 4.69) is 20.3 Å². The number of aromatic nitrogens is 4. The topological polar surface area (TPSA) is 72.7 Å². The van der Waals surface area contributed by atoms with E-state index in [0.717, 1.165) is 11.9 Å². The number of aryl methyl sites for hydroxylation is 1. The molecule has 0 saturated carbocycles. The highest BCUT2D eigenvalue weighted by Gasteiger charge is 2.12. The number of halogens is 2. The number of amides is 1. The molecule has 0 saturated heterocycles. The normalized spacial score (nSPS) is 10.6. The van der Waals surface area contributed by atoms with Gasteiger partial charge in [-0.15, -0.1) is 0 Å². The van der Waals surface area contributed by atoms with Crippen molar-refractivity contribution in [2.75, 3.05) is 5.32 Å². The third-order valence-corrected chi connectivity index (χ3v) is 3.43. The molecule has 23 heavy (non-hydrogen) atoms. The van der Waals surface area contributed by atoms with Crippen LogP contribution < -0.4 is 5.32 Å². The Morgan fingerprint density at radius 3 is 2.61 bits per heavy atom. The molecular formula is C15H11ClFN5O. The first-order valence-corrected chi connectivity index (χ1v) is 7.01. The van der Waals surface area contributed by atoms with Gasteiger partial charge in [-0.3, -0.25) is 9.36 Å². The Balaban J connectivity index is 1.78. The first kappa shape index (κ1) is 15.1. The van der Waals surface area contributed by atoms with Crippen LogP contribution in [0.1, 0.15) is 16.2 Å². The van der Waals surface area contributed by atoms with E-state index in [1.807, 2.05) is 6.92 Å². The molecule has 0 radical (unpaired) electrons. The molecule has 1 aromatic carbocycles. The van der Waals surface area contributed by atoms with Crippen molar-refractivity contribution < 1.29 is 9.18 Å². The lowest BCUT2D eigenvalue weighted by Gasteiger charge is -2.07. The quantitative estimate of drug-likeness (QED) is 0.800. The third-order valence-electron chi connectivity index (χ3n) is 3.11. The standard InChI is InChI=1S/C15H11ClFN5O/c1-9-18-4-5-22(9)15-19-7-11(8-20-15)21-14(23)12-3-2-10(17)6-13(12)16/h2-8H,1H3,(H,21,23). The second kappa shape index (κ2) is 6.13. The van der Waals surface area contributed by atoms with Gasteiger partial charge in [0.1, 0.15) is 11.6 Å². The zero-order valence-corrected chi connectivity index (χ0v) is 12.8. The van der Waals surface area contributed by atoms with Gasteiger partial charge in [0, 0.05) is 12.4 Å². The van der Waals surface area contributed by atoms with Gasteiger partial charge in [-0.2, -0.15) is 0 Å². The number of hydrogen-bond acceptors (Lipinski definition) is 4. The number of hydrogen-bond donors (Lipinski definition) is 1. The van der Waals surface area contributed by atoms with Crippen LogP contribution in [-0.4, -0.2) is 25.4 Å². The van der Waals surface area contributed by atoms with Crippen LogP contribution in [0, 0.1) is 12.7 Å². The molecule has 116 valence electrons. The Labute approximate surface area is 136 Å². The molecular weight excluding hydrogens is 321 g/mol. The van der Waals surface area contributed by atoms with Gasteiger partial charge in [0.25, 0.3) is 5.91 Å². The van der Waals surface area contributed by atoms with Crippen LogP contribution in [0.15, 0.2) is 43.0 Å². The molecule has 0 fully saturated rings. The van der Waals surface area contributed by atoms with Gasteiger partial charge in [0.15, 0.2) is 0 Å². The number of nitrogens with one attached hydrogen (secondary N) is 1. The molecule has 0 unspecified atom stereocenters. The van der Waals surface area contributed by atoms with E-state index in [4.69, 9.17) is 11.6 Å². The summed E-state index contributed by atoms with van der Waals surface area (Å²) in [6, 6.07) is 3.57. The van der Waals surface area contributed by atoms with Crippen LogP contribution in [0.5, 0.6) is 0 Å². The van der Waals surface area contributed by atoms with Crippen LogP contribution in [0.3, 0.4) is 0 Å². The van der Waals surface area contributed by atoms with Crippen molar-refractivity contribution in [2.45, 2.75) is 6.92 Å². The summed E-state index contributed by atoms with van der Waals surface area (Å²) < 4.78 is 14.7. The van der Waals surface area contributed by atoms with E-state index < -0.39 is 11.7 Å². The Hall–Kier alpha value is -2.80. The molecule has 0 aliphatic carbocycles. The van der Waals surface area contributed by atoms with Crippen molar-refractivity contribution in [1.82, 2.24) is 19.5 Å². The SMILES string of the molecule is Cc1nccn1-c1ncc(NC(=O)c2ccc(F)cc2Cl)cn1. The number of nitrogens with zero attached hydrogens (tertiary/aromatic N) is 4. The van der Waals surface area contributed by atoms with Crippen molar-refractivity contribution in [2.24, 2.45) is 0 Å². The number of benzene rings is 1. The minimum absolute atomic E-state index is 0.0362. The van der Waals surface area contributed by atoms with Gasteiger partial charge in [-0.1, -0.05) is 11.6 Å². The maximum absolute atomic E-state index is 13.0. The first-order chi connectivity index (χ1) is 11.0. The maximum atomic E-state index is 13.0. The van der Waals surface area contributed by atoms with E-state index in [1.165, 1.54) is 24.5 Å². The molecule has 0 spiro atoms. The van der Waals surface area contributed by atoms with Crippen LogP contribution in [0.4, 0.5) is 10.1 Å². The highest BCUT2D eigenvalue weighted by Crippen LogP contribution is 2.18. The fourth-order valence-electron chi connectivity index (χ4n) is 1.97. The average molecular weight is 332 g/mol. The number of carbonyl (C=O) groups is 1. The summed E-state index contributed by atoms with van der Waals surface area (Å²) in [6.07, 6.45) is 6.32. The minimum atomic E-state index is -0.505. The largest absolute Gasteiger partial charge is 0.319 e. The number of imidazole rings is 1. The monoisotopic (exact) mass is 331 g/mol. The average Bonchev–Trinajstić information content (AvgIpc) is 2.94. The van der Waals surface area contributed by atoms with Gasteiger partial charge in [0.2, 0.25) is 5.95 Å². The summed E-state index contributed by atoms with van der Waals surface area (Å²) in [5.41, 5.74) is 0.569. The van der Waals surface area contributed by atoms with E-state index in [0.29, 0.717) is 11.6 Å². The van der Waals surface area contributed by atoms with Crippen LogP contribution in [0.25, 0.3) is 5.95 Å². The molecule has 2 aromatic heterocycles. The number of anilines is 1. The van der Waals surface area contributed by atoms with Crippen molar-refractivity contribution >= 4 is 23.2 Å². The molecule has 0 aliphatic heterocycles. The van der Waals surface area contributed by atoms with Gasteiger partial charge in [-0.05, 0) is 25.1 Å². The first-order valence-electron chi connectivity index (χ1n) is 6.63. The van der Waals surface area contributed by atoms with Gasteiger partial charge < -0.3 is 5.32 Å². The summed E-state index contributed by atoms with van der Waals surface area (Å²) in [5, 5.41) is 2.65. The maximum Gasteiger partial charge on any atom is 0.257 e.